The third-order valence-electron chi connectivity index (χ3n) is 5.37. The Kier molecular flexibility index (Phi) is 5.95. The SMILES string of the molecule is CCN1/C(=C2/SC(=Nc3ccc(C)c(Cl)c3)N(c3ccc(F)cc3)C2=O)Sc2ccccc21. The molecule has 2 aliphatic rings. The fourth-order valence-electron chi connectivity index (χ4n) is 3.67. The molecule has 0 unspecified atom stereocenters. The minimum atomic E-state index is -0.362. The smallest absolute Gasteiger partial charge is 0.274 e. The van der Waals surface area contributed by atoms with E-state index in [-0.39, 0.29) is 11.7 Å². The lowest BCUT2D eigenvalue weighted by Gasteiger charge is -2.19. The van der Waals surface area contributed by atoms with E-state index in [2.05, 4.69) is 24.0 Å². The van der Waals surface area contributed by atoms with E-state index in [0.717, 1.165) is 27.7 Å². The van der Waals surface area contributed by atoms with Gasteiger partial charge in [0.25, 0.3) is 5.91 Å². The molecule has 0 aliphatic carbocycles. The van der Waals surface area contributed by atoms with E-state index in [9.17, 15) is 9.18 Å². The first kappa shape index (κ1) is 22.1. The topological polar surface area (TPSA) is 35.9 Å². The highest BCUT2D eigenvalue weighted by atomic mass is 35.5. The van der Waals surface area contributed by atoms with E-state index < -0.39 is 0 Å². The van der Waals surface area contributed by atoms with Crippen molar-refractivity contribution in [3.63, 3.8) is 0 Å². The highest BCUT2D eigenvalue weighted by Gasteiger charge is 2.40. The molecule has 4 nitrogen and oxygen atoms in total. The van der Waals surface area contributed by atoms with Gasteiger partial charge in [-0.05, 0) is 79.7 Å². The molecular weight excluding hydrogens is 477 g/mol. The normalized spacial score (nSPS) is 19.0. The molecule has 2 heterocycles. The van der Waals surface area contributed by atoms with Crippen LogP contribution >= 0.6 is 35.1 Å². The number of nitrogens with zero attached hydrogens (tertiary/aromatic N) is 3. The molecule has 166 valence electrons. The minimum Gasteiger partial charge on any atom is -0.334 e. The number of aliphatic imine (C=N–C) groups is 1. The van der Waals surface area contributed by atoms with Crippen LogP contribution in [0.1, 0.15) is 12.5 Å². The molecular formula is C25H19ClFN3OS2. The summed E-state index contributed by atoms with van der Waals surface area (Å²) >= 11 is 9.21. The largest absolute Gasteiger partial charge is 0.334 e. The molecule has 0 spiro atoms. The van der Waals surface area contributed by atoms with Crippen LogP contribution in [-0.2, 0) is 4.79 Å². The second kappa shape index (κ2) is 8.89. The number of hydrogen-bond donors (Lipinski definition) is 0. The summed E-state index contributed by atoms with van der Waals surface area (Å²) in [6.07, 6.45) is 0. The van der Waals surface area contributed by atoms with Gasteiger partial charge in [0.2, 0.25) is 0 Å². The molecule has 0 atom stereocenters. The molecule has 3 aromatic rings. The summed E-state index contributed by atoms with van der Waals surface area (Å²) in [5.41, 5.74) is 3.25. The Hall–Kier alpha value is -2.74. The zero-order chi connectivity index (χ0) is 23.1. The maximum atomic E-state index is 13.7. The third-order valence-corrected chi connectivity index (χ3v) is 8.11. The summed E-state index contributed by atoms with van der Waals surface area (Å²) in [4.78, 5) is 23.9. The predicted octanol–water partition coefficient (Wildman–Crippen LogP) is 7.36. The van der Waals surface area contributed by atoms with Gasteiger partial charge in [-0.25, -0.2) is 9.38 Å². The third kappa shape index (κ3) is 4.05. The lowest BCUT2D eigenvalue weighted by molar-refractivity contribution is -0.113. The summed E-state index contributed by atoms with van der Waals surface area (Å²) < 4.78 is 13.6. The highest BCUT2D eigenvalue weighted by molar-refractivity contribution is 8.20. The molecule has 0 radical (unpaired) electrons. The van der Waals surface area contributed by atoms with Crippen molar-refractivity contribution < 1.29 is 9.18 Å². The molecule has 0 saturated carbocycles. The predicted molar refractivity (Wildman–Crippen MR) is 137 cm³/mol. The van der Waals surface area contributed by atoms with E-state index in [1.165, 1.54) is 28.8 Å². The number of aryl methyl sites for hydroxylation is 1. The molecule has 0 aromatic heterocycles. The number of benzene rings is 3. The molecule has 0 bridgehead atoms. The average molecular weight is 496 g/mol. The van der Waals surface area contributed by atoms with Crippen LogP contribution in [0.15, 0.2) is 86.6 Å². The number of carbonyl (C=O) groups excluding carboxylic acids is 1. The zero-order valence-electron chi connectivity index (χ0n) is 17.9. The Morgan fingerprint density at radius 2 is 1.79 bits per heavy atom. The van der Waals surface area contributed by atoms with Gasteiger partial charge in [0.1, 0.15) is 15.8 Å². The van der Waals surface area contributed by atoms with E-state index >= 15 is 0 Å². The van der Waals surface area contributed by atoms with Crippen LogP contribution < -0.4 is 9.80 Å². The monoisotopic (exact) mass is 495 g/mol. The van der Waals surface area contributed by atoms with E-state index in [0.29, 0.717) is 26.5 Å². The fourth-order valence-corrected chi connectivity index (χ4v) is 6.24. The Morgan fingerprint density at radius 1 is 1.03 bits per heavy atom. The van der Waals surface area contributed by atoms with Crippen LogP contribution in [0.2, 0.25) is 5.02 Å². The summed E-state index contributed by atoms with van der Waals surface area (Å²) in [6.45, 7) is 4.72. The van der Waals surface area contributed by atoms with Gasteiger partial charge in [0.15, 0.2) is 5.17 Å². The Morgan fingerprint density at radius 3 is 2.52 bits per heavy atom. The highest BCUT2D eigenvalue weighted by Crippen LogP contribution is 2.51. The molecule has 2 aliphatic heterocycles. The first-order chi connectivity index (χ1) is 16.0. The summed E-state index contributed by atoms with van der Waals surface area (Å²) in [5.74, 6) is -0.545. The van der Waals surface area contributed by atoms with Gasteiger partial charge in [-0.15, -0.1) is 0 Å². The van der Waals surface area contributed by atoms with Crippen molar-refractivity contribution in [3.8, 4) is 0 Å². The minimum absolute atomic E-state index is 0.183. The number of para-hydroxylation sites is 1. The van der Waals surface area contributed by atoms with Gasteiger partial charge in [-0.3, -0.25) is 9.69 Å². The summed E-state index contributed by atoms with van der Waals surface area (Å²) in [5, 5.41) is 1.99. The first-order valence-electron chi connectivity index (χ1n) is 10.4. The second-order valence-corrected chi connectivity index (χ2v) is 9.91. The van der Waals surface area contributed by atoms with Crippen molar-refractivity contribution in [1.82, 2.24) is 0 Å². The van der Waals surface area contributed by atoms with Crippen molar-refractivity contribution in [3.05, 3.63) is 93.1 Å². The van der Waals surface area contributed by atoms with E-state index in [1.54, 1.807) is 30.0 Å². The van der Waals surface area contributed by atoms with Crippen molar-refractivity contribution in [1.29, 1.82) is 0 Å². The average Bonchev–Trinajstić information content (AvgIpc) is 3.34. The molecule has 0 N–H and O–H groups in total. The number of amides is 1. The summed E-state index contributed by atoms with van der Waals surface area (Å²) in [7, 11) is 0. The number of amidine groups is 1. The first-order valence-corrected chi connectivity index (χ1v) is 12.4. The van der Waals surface area contributed by atoms with Gasteiger partial charge in [-0.2, -0.15) is 0 Å². The van der Waals surface area contributed by atoms with Crippen molar-refractivity contribution in [2.75, 3.05) is 16.3 Å². The fraction of sp³-hybridized carbons (Fsp3) is 0.120. The lowest BCUT2D eigenvalue weighted by Crippen LogP contribution is -2.29. The van der Waals surface area contributed by atoms with Crippen LogP contribution in [0.5, 0.6) is 0 Å². The zero-order valence-corrected chi connectivity index (χ0v) is 20.3. The molecule has 8 heteroatoms. The van der Waals surface area contributed by atoms with Gasteiger partial charge in [0.05, 0.1) is 17.1 Å². The molecule has 1 amide bonds. The quantitative estimate of drug-likeness (QED) is 0.356. The van der Waals surface area contributed by atoms with Gasteiger partial charge < -0.3 is 4.90 Å². The van der Waals surface area contributed by atoms with Gasteiger partial charge in [0, 0.05) is 16.5 Å². The second-order valence-electron chi connectivity index (χ2n) is 7.50. The number of hydrogen-bond acceptors (Lipinski definition) is 5. The van der Waals surface area contributed by atoms with Crippen LogP contribution in [0.4, 0.5) is 21.5 Å². The van der Waals surface area contributed by atoms with E-state index in [1.807, 2.05) is 31.2 Å². The number of rotatable bonds is 3. The number of thioether (sulfide) groups is 2. The van der Waals surface area contributed by atoms with Crippen molar-refractivity contribution in [2.45, 2.75) is 18.7 Å². The van der Waals surface area contributed by atoms with Crippen molar-refractivity contribution in [2.24, 2.45) is 4.99 Å². The van der Waals surface area contributed by atoms with E-state index in [4.69, 9.17) is 16.6 Å². The number of anilines is 2. The van der Waals surface area contributed by atoms with Crippen molar-refractivity contribution >= 4 is 63.3 Å². The van der Waals surface area contributed by atoms with Gasteiger partial charge in [-0.1, -0.05) is 41.6 Å². The Bertz CT molecular complexity index is 1320. The molecule has 5 rings (SSSR count). The molecule has 3 aromatic carbocycles. The van der Waals surface area contributed by atoms with Crippen LogP contribution in [0.3, 0.4) is 0 Å². The maximum absolute atomic E-state index is 13.7. The Labute approximate surface area is 205 Å². The standard InChI is InChI=1S/C25H19ClFN3OS2/c1-3-29-20-6-4-5-7-21(20)32-24(29)22-23(31)30(18-12-9-16(27)10-13-18)25(33-22)28-17-11-8-15(2)19(26)14-17/h4-14H,3H2,1-2H3/b24-22-,28-25?. The Balaban J connectivity index is 1.63. The molecule has 1 fully saturated rings. The van der Waals surface area contributed by atoms with Crippen LogP contribution in [-0.4, -0.2) is 17.6 Å². The van der Waals surface area contributed by atoms with Gasteiger partial charge >= 0.3 is 0 Å². The summed E-state index contributed by atoms with van der Waals surface area (Å²) in [6, 6.07) is 19.5. The number of fused-ring (bicyclic) bond motifs is 1. The van der Waals surface area contributed by atoms with Crippen LogP contribution in [0, 0.1) is 12.7 Å². The lowest BCUT2D eigenvalue weighted by atomic mass is 10.2. The molecule has 1 saturated heterocycles. The number of carbonyl (C=O) groups is 1. The number of halogens is 2. The molecule has 33 heavy (non-hydrogen) atoms. The van der Waals surface area contributed by atoms with Crippen LogP contribution in [0.25, 0.3) is 0 Å². The maximum Gasteiger partial charge on any atom is 0.274 e.